The van der Waals surface area contributed by atoms with Gasteiger partial charge in [-0.3, -0.25) is 4.79 Å². The van der Waals surface area contributed by atoms with Gasteiger partial charge in [-0.15, -0.1) is 0 Å². The summed E-state index contributed by atoms with van der Waals surface area (Å²) < 4.78 is 0. The molecule has 202 valence electrons. The normalized spacial score (nSPS) is 15.0. The molecule has 1 N–H and O–H groups in total. The van der Waals surface area contributed by atoms with E-state index in [1.165, 1.54) is 57.1 Å². The summed E-state index contributed by atoms with van der Waals surface area (Å²) in [4.78, 5) is 27.6. The number of carbonyl (C=O) groups is 2. The molecule has 5 heteroatoms. The highest BCUT2D eigenvalue weighted by molar-refractivity contribution is 7.98. The predicted molar refractivity (Wildman–Crippen MR) is 159 cm³/mol. The first-order valence-electron chi connectivity index (χ1n) is 14.3. The van der Waals surface area contributed by atoms with Crippen LogP contribution in [0.1, 0.15) is 86.2 Å². The quantitative estimate of drug-likeness (QED) is 0.254. The Labute approximate surface area is 229 Å². The maximum absolute atomic E-state index is 13.3. The Bertz CT molecular complexity index is 987. The molecular weight excluding hydrogens is 476 g/mol. The van der Waals surface area contributed by atoms with Gasteiger partial charge >= 0.3 is 0 Å². The van der Waals surface area contributed by atoms with Gasteiger partial charge in [0.15, 0.2) is 0 Å². The molecule has 1 amide bonds. The van der Waals surface area contributed by atoms with E-state index in [4.69, 9.17) is 0 Å². The van der Waals surface area contributed by atoms with Gasteiger partial charge in [0.1, 0.15) is 6.29 Å². The molecule has 1 atom stereocenters. The number of amides is 1. The van der Waals surface area contributed by atoms with Crippen molar-refractivity contribution >= 4 is 24.0 Å². The molecule has 0 heterocycles. The molecule has 1 fully saturated rings. The van der Waals surface area contributed by atoms with Crippen molar-refractivity contribution in [3.63, 3.8) is 0 Å². The highest BCUT2D eigenvalue weighted by Gasteiger charge is 2.21. The molecule has 37 heavy (non-hydrogen) atoms. The van der Waals surface area contributed by atoms with Crippen LogP contribution in [-0.2, 0) is 11.2 Å². The maximum Gasteiger partial charge on any atom is 0.252 e. The third-order valence-electron chi connectivity index (χ3n) is 7.68. The van der Waals surface area contributed by atoms with Crippen molar-refractivity contribution in [2.24, 2.45) is 0 Å². The second-order valence-corrected chi connectivity index (χ2v) is 11.5. The number of nitrogens with one attached hydrogen (secondary N) is 1. The zero-order valence-electron chi connectivity index (χ0n) is 23.1. The first kappa shape index (κ1) is 29.4. The lowest BCUT2D eigenvalue weighted by atomic mass is 9.92. The first-order valence-corrected chi connectivity index (χ1v) is 15.6. The number of hydrogen-bond donors (Lipinski definition) is 1. The minimum atomic E-state index is -0.460. The predicted octanol–water partition coefficient (Wildman–Crippen LogP) is 7.08. The third-order valence-corrected chi connectivity index (χ3v) is 8.32. The molecule has 0 spiro atoms. The highest BCUT2D eigenvalue weighted by atomic mass is 32.2. The van der Waals surface area contributed by atoms with E-state index in [0.29, 0.717) is 12.0 Å². The van der Waals surface area contributed by atoms with Crippen molar-refractivity contribution in [3.8, 4) is 11.1 Å². The summed E-state index contributed by atoms with van der Waals surface area (Å²) in [5.74, 6) is 0.662. The maximum atomic E-state index is 13.3. The van der Waals surface area contributed by atoms with Crippen LogP contribution >= 0.6 is 11.8 Å². The lowest BCUT2D eigenvalue weighted by Crippen LogP contribution is -2.38. The number of rotatable bonds is 15. The number of thioether (sulfide) groups is 1. The lowest BCUT2D eigenvalue weighted by molar-refractivity contribution is -0.109. The number of aryl methyl sites for hydroxylation is 2. The molecule has 2 aromatic carbocycles. The van der Waals surface area contributed by atoms with Crippen molar-refractivity contribution < 1.29 is 9.59 Å². The fraction of sp³-hybridized carbons (Fsp3) is 0.562. The first-order chi connectivity index (χ1) is 18.1. The SMILES string of the molecule is CCCCN(CCCc1ccc(C(=O)N[C@H](C=O)CCSC)c(-c2ccccc2C)c1)C1CCCCC1. The Morgan fingerprint density at radius 2 is 1.84 bits per heavy atom. The average Bonchev–Trinajstić information content (AvgIpc) is 2.93. The second kappa shape index (κ2) is 16.0. The van der Waals surface area contributed by atoms with Crippen LogP contribution in [0.2, 0.25) is 0 Å². The number of carbonyl (C=O) groups excluding carboxylic acids is 2. The minimum absolute atomic E-state index is 0.175. The van der Waals surface area contributed by atoms with Gasteiger partial charge in [-0.2, -0.15) is 11.8 Å². The van der Waals surface area contributed by atoms with Crippen LogP contribution in [0, 0.1) is 6.92 Å². The monoisotopic (exact) mass is 522 g/mol. The Hall–Kier alpha value is -2.11. The number of benzene rings is 2. The zero-order valence-corrected chi connectivity index (χ0v) is 24.0. The van der Waals surface area contributed by atoms with Crippen molar-refractivity contribution in [2.45, 2.75) is 90.1 Å². The van der Waals surface area contributed by atoms with Crippen molar-refractivity contribution in [3.05, 3.63) is 59.2 Å². The van der Waals surface area contributed by atoms with Gasteiger partial charge in [-0.1, -0.05) is 69.0 Å². The Morgan fingerprint density at radius 1 is 1.08 bits per heavy atom. The minimum Gasteiger partial charge on any atom is -0.342 e. The Balaban J connectivity index is 1.76. The average molecular weight is 523 g/mol. The van der Waals surface area contributed by atoms with E-state index in [2.05, 4.69) is 48.3 Å². The topological polar surface area (TPSA) is 49.4 Å². The molecule has 1 saturated carbocycles. The molecule has 0 aliphatic heterocycles. The van der Waals surface area contributed by atoms with E-state index in [1.54, 1.807) is 11.8 Å². The molecule has 0 aromatic heterocycles. The standard InChI is InChI=1S/C32H46N2O2S/c1-4-5-20-34(28-14-7-6-8-15-28)21-11-13-26-17-18-30(32(36)33-27(24-35)19-22-37-3)31(23-26)29-16-10-9-12-25(29)2/h9-10,12,16-18,23-24,27-28H,4-8,11,13-15,19-22H2,1-3H3,(H,33,36)/t27-/m0/s1. The number of nitrogens with zero attached hydrogens (tertiary/aromatic N) is 1. The summed E-state index contributed by atoms with van der Waals surface area (Å²) >= 11 is 1.68. The van der Waals surface area contributed by atoms with Crippen molar-refractivity contribution in [1.82, 2.24) is 10.2 Å². The molecule has 1 aliphatic rings. The van der Waals surface area contributed by atoms with Gasteiger partial charge in [0.2, 0.25) is 0 Å². The fourth-order valence-corrected chi connectivity index (χ4v) is 5.97. The van der Waals surface area contributed by atoms with Crippen molar-refractivity contribution in [2.75, 3.05) is 25.1 Å². The van der Waals surface area contributed by atoms with Crippen LogP contribution in [-0.4, -0.2) is 54.3 Å². The largest absolute Gasteiger partial charge is 0.342 e. The Kier molecular flexibility index (Phi) is 12.7. The molecule has 2 aromatic rings. The van der Waals surface area contributed by atoms with Crippen LogP contribution < -0.4 is 5.32 Å². The van der Waals surface area contributed by atoms with Gasteiger partial charge < -0.3 is 15.0 Å². The van der Waals surface area contributed by atoms with Crippen molar-refractivity contribution in [1.29, 1.82) is 0 Å². The molecule has 3 rings (SSSR count). The summed E-state index contributed by atoms with van der Waals surface area (Å²) in [7, 11) is 0. The summed E-state index contributed by atoms with van der Waals surface area (Å²) in [5, 5.41) is 2.95. The van der Waals surface area contributed by atoms with E-state index >= 15 is 0 Å². The van der Waals surface area contributed by atoms with Gasteiger partial charge in [0.25, 0.3) is 5.91 Å². The Morgan fingerprint density at radius 3 is 2.54 bits per heavy atom. The molecule has 0 saturated heterocycles. The highest BCUT2D eigenvalue weighted by Crippen LogP contribution is 2.29. The van der Waals surface area contributed by atoms with Crippen LogP contribution in [0.15, 0.2) is 42.5 Å². The number of hydrogen-bond acceptors (Lipinski definition) is 4. The summed E-state index contributed by atoms with van der Waals surface area (Å²) in [6.45, 7) is 6.72. The van der Waals surface area contributed by atoms with E-state index in [9.17, 15) is 9.59 Å². The second-order valence-electron chi connectivity index (χ2n) is 10.5. The van der Waals surface area contributed by atoms with Gasteiger partial charge in [0.05, 0.1) is 6.04 Å². The van der Waals surface area contributed by atoms with Crippen LogP contribution in [0.5, 0.6) is 0 Å². The summed E-state index contributed by atoms with van der Waals surface area (Å²) in [6.07, 6.45) is 15.0. The number of aldehydes is 1. The summed E-state index contributed by atoms with van der Waals surface area (Å²) in [6, 6.07) is 14.8. The van der Waals surface area contributed by atoms with Gasteiger partial charge in [-0.25, -0.2) is 0 Å². The number of unbranched alkanes of at least 4 members (excludes halogenated alkanes) is 1. The smallest absolute Gasteiger partial charge is 0.252 e. The molecular formula is C32H46N2O2S. The van der Waals surface area contributed by atoms with E-state index in [0.717, 1.165) is 54.2 Å². The molecule has 0 unspecified atom stereocenters. The van der Waals surface area contributed by atoms with Gasteiger partial charge in [-0.05, 0) is 98.9 Å². The van der Waals surface area contributed by atoms with E-state index in [-0.39, 0.29) is 5.91 Å². The molecule has 0 radical (unpaired) electrons. The van der Waals surface area contributed by atoms with Crippen LogP contribution in [0.3, 0.4) is 0 Å². The lowest BCUT2D eigenvalue weighted by Gasteiger charge is -2.34. The summed E-state index contributed by atoms with van der Waals surface area (Å²) in [5.41, 5.74) is 5.08. The molecule has 4 nitrogen and oxygen atoms in total. The van der Waals surface area contributed by atoms with E-state index in [1.807, 2.05) is 24.5 Å². The van der Waals surface area contributed by atoms with E-state index < -0.39 is 6.04 Å². The molecule has 1 aliphatic carbocycles. The van der Waals surface area contributed by atoms with Crippen LogP contribution in [0.25, 0.3) is 11.1 Å². The molecule has 0 bridgehead atoms. The zero-order chi connectivity index (χ0) is 26.5. The van der Waals surface area contributed by atoms with Crippen LogP contribution in [0.4, 0.5) is 0 Å². The third kappa shape index (κ3) is 9.00. The fourth-order valence-electron chi connectivity index (χ4n) is 5.48. The van der Waals surface area contributed by atoms with Gasteiger partial charge in [0, 0.05) is 11.6 Å².